The van der Waals surface area contributed by atoms with Crippen molar-refractivity contribution in [3.05, 3.63) is 59.7 Å². The first-order valence-corrected chi connectivity index (χ1v) is 6.69. The molecule has 0 spiro atoms. The third kappa shape index (κ3) is 2.31. The fourth-order valence-electron chi connectivity index (χ4n) is 2.45. The molecule has 0 saturated heterocycles. The number of nitriles is 1. The van der Waals surface area contributed by atoms with Gasteiger partial charge < -0.3 is 5.32 Å². The summed E-state index contributed by atoms with van der Waals surface area (Å²) in [5.41, 5.74) is 5.23. The van der Waals surface area contributed by atoms with Crippen molar-refractivity contribution in [2.24, 2.45) is 0 Å². The number of nitrogens with one attached hydrogen (secondary N) is 1. The molecule has 98 valence electrons. The highest BCUT2D eigenvalue weighted by Crippen LogP contribution is 2.32. The lowest BCUT2D eigenvalue weighted by molar-refractivity contribution is 0.711. The zero-order valence-corrected chi connectivity index (χ0v) is 11.6. The highest BCUT2D eigenvalue weighted by Gasteiger charge is 2.19. The Bertz CT molecular complexity index is 733. The maximum absolute atomic E-state index is 8.99. The number of hydrogen-bond donors (Lipinski definition) is 1. The van der Waals surface area contributed by atoms with Crippen LogP contribution in [0.2, 0.25) is 0 Å². The Hall–Kier alpha value is -2.53. The number of anilines is 1. The molecule has 2 heteroatoms. The Morgan fingerprint density at radius 1 is 1.05 bits per heavy atom. The van der Waals surface area contributed by atoms with Crippen LogP contribution in [0.15, 0.2) is 48.5 Å². The van der Waals surface area contributed by atoms with Gasteiger partial charge in [-0.05, 0) is 54.8 Å². The van der Waals surface area contributed by atoms with Crippen LogP contribution in [-0.2, 0) is 0 Å². The van der Waals surface area contributed by atoms with Gasteiger partial charge in [0.2, 0.25) is 0 Å². The highest BCUT2D eigenvalue weighted by atomic mass is 15.0. The molecule has 0 bridgehead atoms. The summed E-state index contributed by atoms with van der Waals surface area (Å²) < 4.78 is 0. The summed E-state index contributed by atoms with van der Waals surface area (Å²) in [6, 6.07) is 16.2. The maximum Gasteiger partial charge on any atom is 0.0991 e. The first-order valence-electron chi connectivity index (χ1n) is 6.69. The van der Waals surface area contributed by atoms with Crippen LogP contribution in [0.25, 0.3) is 17.2 Å². The second-order valence-electron chi connectivity index (χ2n) is 5.67. The quantitative estimate of drug-likeness (QED) is 0.822. The fraction of sp³-hybridized carbons (Fsp3) is 0.167. The average Bonchev–Trinajstić information content (AvgIpc) is 2.46. The summed E-state index contributed by atoms with van der Waals surface area (Å²) in [7, 11) is 0. The molecule has 0 radical (unpaired) electrons. The second-order valence-corrected chi connectivity index (χ2v) is 5.67. The van der Waals surface area contributed by atoms with E-state index < -0.39 is 0 Å². The summed E-state index contributed by atoms with van der Waals surface area (Å²) in [5.74, 6) is 0. The fourth-order valence-corrected chi connectivity index (χ4v) is 2.45. The topological polar surface area (TPSA) is 35.8 Å². The van der Waals surface area contributed by atoms with Gasteiger partial charge in [-0.3, -0.25) is 0 Å². The predicted molar refractivity (Wildman–Crippen MR) is 83.3 cm³/mol. The van der Waals surface area contributed by atoms with Crippen LogP contribution in [-0.4, -0.2) is 5.54 Å². The van der Waals surface area contributed by atoms with Crippen LogP contribution in [0.5, 0.6) is 0 Å². The summed E-state index contributed by atoms with van der Waals surface area (Å²) >= 11 is 0. The zero-order chi connectivity index (χ0) is 14.2. The molecule has 0 aliphatic carbocycles. The van der Waals surface area contributed by atoms with Gasteiger partial charge in [-0.1, -0.05) is 30.4 Å². The van der Waals surface area contributed by atoms with Gasteiger partial charge >= 0.3 is 0 Å². The van der Waals surface area contributed by atoms with E-state index in [9.17, 15) is 0 Å². The number of hydrogen-bond acceptors (Lipinski definition) is 2. The first-order chi connectivity index (χ1) is 9.57. The Balaban J connectivity index is 2.03. The minimum absolute atomic E-state index is 0.00472. The van der Waals surface area contributed by atoms with Crippen LogP contribution in [0.3, 0.4) is 0 Å². The van der Waals surface area contributed by atoms with Crippen LogP contribution in [0.4, 0.5) is 5.69 Å². The number of benzene rings is 2. The van der Waals surface area contributed by atoms with Gasteiger partial charge in [0, 0.05) is 5.69 Å². The molecular weight excluding hydrogens is 244 g/mol. The van der Waals surface area contributed by atoms with E-state index >= 15 is 0 Å². The summed E-state index contributed by atoms with van der Waals surface area (Å²) in [4.78, 5) is 0. The molecule has 20 heavy (non-hydrogen) atoms. The lowest BCUT2D eigenvalue weighted by atomic mass is 9.94. The Morgan fingerprint density at radius 3 is 2.65 bits per heavy atom. The van der Waals surface area contributed by atoms with E-state index in [2.05, 4.69) is 55.6 Å². The largest absolute Gasteiger partial charge is 0.376 e. The van der Waals surface area contributed by atoms with Gasteiger partial charge in [0.15, 0.2) is 0 Å². The van der Waals surface area contributed by atoms with E-state index in [1.54, 1.807) is 0 Å². The van der Waals surface area contributed by atoms with Crippen molar-refractivity contribution in [2.75, 3.05) is 5.32 Å². The van der Waals surface area contributed by atoms with Crippen molar-refractivity contribution < 1.29 is 0 Å². The summed E-state index contributed by atoms with van der Waals surface area (Å²) in [6.45, 7) is 4.30. The molecule has 2 nitrogen and oxygen atoms in total. The third-order valence-corrected chi connectivity index (χ3v) is 3.51. The summed E-state index contributed by atoms with van der Waals surface area (Å²) in [5, 5.41) is 12.5. The van der Waals surface area contributed by atoms with Crippen molar-refractivity contribution in [2.45, 2.75) is 19.4 Å². The molecule has 0 amide bonds. The minimum atomic E-state index is -0.00472. The molecule has 3 rings (SSSR count). The van der Waals surface area contributed by atoms with Crippen LogP contribution in [0.1, 0.15) is 25.0 Å². The standard InChI is InChI=1S/C18H16N2/c1-18(2)9-8-16-11-15(6-7-17(16)20-18)14-5-3-4-13(10-14)12-19/h3-11,20H,1-2H3. The van der Waals surface area contributed by atoms with E-state index in [-0.39, 0.29) is 5.54 Å². The first kappa shape index (κ1) is 12.5. The van der Waals surface area contributed by atoms with E-state index in [1.165, 1.54) is 5.56 Å². The summed E-state index contributed by atoms with van der Waals surface area (Å²) in [6.07, 6.45) is 4.33. The van der Waals surface area contributed by atoms with Crippen molar-refractivity contribution in [1.29, 1.82) is 5.26 Å². The number of nitrogens with zero attached hydrogens (tertiary/aromatic N) is 1. The molecule has 1 aliphatic rings. The molecule has 0 fully saturated rings. The number of rotatable bonds is 1. The van der Waals surface area contributed by atoms with E-state index in [4.69, 9.17) is 5.26 Å². The zero-order valence-electron chi connectivity index (χ0n) is 11.6. The Morgan fingerprint density at radius 2 is 1.85 bits per heavy atom. The second kappa shape index (κ2) is 4.54. The minimum Gasteiger partial charge on any atom is -0.376 e. The maximum atomic E-state index is 8.99. The number of fused-ring (bicyclic) bond motifs is 1. The molecule has 2 aromatic rings. The van der Waals surface area contributed by atoms with Crippen LogP contribution in [0, 0.1) is 11.3 Å². The van der Waals surface area contributed by atoms with Gasteiger partial charge in [0.1, 0.15) is 0 Å². The molecule has 1 heterocycles. The van der Waals surface area contributed by atoms with E-state index in [0.717, 1.165) is 16.8 Å². The third-order valence-electron chi connectivity index (χ3n) is 3.51. The van der Waals surface area contributed by atoms with Crippen molar-refractivity contribution in [1.82, 2.24) is 0 Å². The molecule has 2 aromatic carbocycles. The van der Waals surface area contributed by atoms with Gasteiger partial charge in [-0.15, -0.1) is 0 Å². The molecule has 0 unspecified atom stereocenters. The lowest BCUT2D eigenvalue weighted by Gasteiger charge is -2.29. The van der Waals surface area contributed by atoms with Crippen molar-refractivity contribution in [3.63, 3.8) is 0 Å². The van der Waals surface area contributed by atoms with Crippen LogP contribution < -0.4 is 5.32 Å². The van der Waals surface area contributed by atoms with Crippen molar-refractivity contribution >= 4 is 11.8 Å². The van der Waals surface area contributed by atoms with E-state index in [1.807, 2.05) is 24.3 Å². The van der Waals surface area contributed by atoms with Crippen molar-refractivity contribution in [3.8, 4) is 17.2 Å². The molecule has 0 aromatic heterocycles. The Kier molecular flexibility index (Phi) is 2.84. The molecule has 1 N–H and O–H groups in total. The molecule has 0 atom stereocenters. The van der Waals surface area contributed by atoms with Gasteiger partial charge in [-0.25, -0.2) is 0 Å². The lowest BCUT2D eigenvalue weighted by Crippen LogP contribution is -2.30. The smallest absolute Gasteiger partial charge is 0.0991 e. The highest BCUT2D eigenvalue weighted by molar-refractivity contribution is 5.78. The van der Waals surface area contributed by atoms with Gasteiger partial charge in [0.25, 0.3) is 0 Å². The van der Waals surface area contributed by atoms with Crippen LogP contribution >= 0.6 is 0 Å². The molecule has 1 aliphatic heterocycles. The molecular formula is C18H16N2. The monoisotopic (exact) mass is 260 g/mol. The normalized spacial score (nSPS) is 15.1. The average molecular weight is 260 g/mol. The SMILES string of the molecule is CC1(C)C=Cc2cc(-c3cccc(C#N)c3)ccc2N1. The van der Waals surface area contributed by atoms with Gasteiger partial charge in [-0.2, -0.15) is 5.26 Å². The molecule has 0 saturated carbocycles. The Labute approximate surface area is 119 Å². The van der Waals surface area contributed by atoms with Gasteiger partial charge in [0.05, 0.1) is 17.2 Å². The predicted octanol–water partition coefficient (Wildman–Crippen LogP) is 4.44. The van der Waals surface area contributed by atoms with E-state index in [0.29, 0.717) is 5.56 Å².